The van der Waals surface area contributed by atoms with Crippen molar-refractivity contribution in [1.82, 2.24) is 20.2 Å². The van der Waals surface area contributed by atoms with Crippen molar-refractivity contribution < 1.29 is 14.3 Å². The molecular formula is C24H31N5O3S. The molecule has 176 valence electrons. The van der Waals surface area contributed by atoms with Gasteiger partial charge in [0.2, 0.25) is 11.1 Å². The fourth-order valence-electron chi connectivity index (χ4n) is 3.05. The number of benzene rings is 2. The molecule has 1 aromatic heterocycles. The number of aromatic nitrogens is 3. The summed E-state index contributed by atoms with van der Waals surface area (Å²) in [5.41, 5.74) is 5.15. The minimum absolute atomic E-state index is 0.0458. The van der Waals surface area contributed by atoms with Gasteiger partial charge in [0.25, 0.3) is 0 Å². The molecule has 0 radical (unpaired) electrons. The lowest BCUT2D eigenvalue weighted by molar-refractivity contribution is -0.119. The zero-order chi connectivity index (χ0) is 23.8. The van der Waals surface area contributed by atoms with Crippen LogP contribution in [-0.4, -0.2) is 39.2 Å². The van der Waals surface area contributed by atoms with Gasteiger partial charge in [-0.25, -0.2) is 4.68 Å². The third-order valence-electron chi connectivity index (χ3n) is 4.55. The molecule has 8 nitrogen and oxygen atoms in total. The average molecular weight is 470 g/mol. The monoisotopic (exact) mass is 469 g/mol. The lowest BCUT2D eigenvalue weighted by atomic mass is 10.1. The normalized spacial score (nSPS) is 11.2. The zero-order valence-corrected chi connectivity index (χ0v) is 20.5. The molecule has 0 bridgehead atoms. The van der Waals surface area contributed by atoms with Gasteiger partial charge in [0.05, 0.1) is 19.4 Å². The Labute approximate surface area is 199 Å². The SMILES string of the molecule is COc1cc(CNn2c(C)nnc2SCC(=O)NC(C)(C)C)ccc1OCc1ccccc1. The molecular weight excluding hydrogens is 438 g/mol. The molecule has 1 amide bonds. The Morgan fingerprint density at radius 1 is 1.06 bits per heavy atom. The van der Waals surface area contributed by atoms with Crippen molar-refractivity contribution in [3.63, 3.8) is 0 Å². The second-order valence-corrected chi connectivity index (χ2v) is 9.49. The van der Waals surface area contributed by atoms with Crippen molar-refractivity contribution in [3.05, 3.63) is 65.5 Å². The second-order valence-electron chi connectivity index (χ2n) is 8.55. The zero-order valence-electron chi connectivity index (χ0n) is 19.7. The first-order chi connectivity index (χ1) is 15.7. The van der Waals surface area contributed by atoms with E-state index in [0.29, 0.717) is 35.6 Å². The number of hydrogen-bond donors (Lipinski definition) is 2. The van der Waals surface area contributed by atoms with Gasteiger partial charge in [-0.15, -0.1) is 10.2 Å². The Balaban J connectivity index is 1.60. The van der Waals surface area contributed by atoms with E-state index in [0.717, 1.165) is 11.1 Å². The molecule has 3 aromatic rings. The first kappa shape index (κ1) is 24.4. The van der Waals surface area contributed by atoms with Crippen LogP contribution in [0.25, 0.3) is 0 Å². The van der Waals surface area contributed by atoms with Crippen molar-refractivity contribution in [3.8, 4) is 11.5 Å². The van der Waals surface area contributed by atoms with E-state index in [-0.39, 0.29) is 17.2 Å². The topological polar surface area (TPSA) is 90.3 Å². The highest BCUT2D eigenvalue weighted by Gasteiger charge is 2.16. The number of rotatable bonds is 10. The number of carbonyl (C=O) groups is 1. The van der Waals surface area contributed by atoms with Gasteiger partial charge < -0.3 is 20.2 Å². The molecule has 0 aliphatic rings. The summed E-state index contributed by atoms with van der Waals surface area (Å²) in [4.78, 5) is 12.1. The number of aryl methyl sites for hydroxylation is 1. The summed E-state index contributed by atoms with van der Waals surface area (Å²) in [5.74, 6) is 2.28. The molecule has 0 fully saturated rings. The number of nitrogens with one attached hydrogen (secondary N) is 2. The molecule has 0 saturated carbocycles. The molecule has 1 heterocycles. The Morgan fingerprint density at radius 2 is 1.82 bits per heavy atom. The number of methoxy groups -OCH3 is 1. The molecule has 0 aliphatic carbocycles. The molecule has 2 N–H and O–H groups in total. The fourth-order valence-corrected chi connectivity index (χ4v) is 3.81. The standard InChI is InChI=1S/C24H31N5O3S/c1-17-27-28-23(33-16-22(30)26-24(2,3)4)29(17)25-14-19-11-12-20(21(13-19)31-5)32-15-18-9-7-6-8-10-18/h6-13,25H,14-16H2,1-5H3,(H,26,30). The van der Waals surface area contributed by atoms with Gasteiger partial charge >= 0.3 is 0 Å². The van der Waals surface area contributed by atoms with Crippen LogP contribution in [0.2, 0.25) is 0 Å². The van der Waals surface area contributed by atoms with Crippen molar-refractivity contribution in [2.45, 2.75) is 51.5 Å². The molecule has 0 spiro atoms. The largest absolute Gasteiger partial charge is 0.493 e. The quantitative estimate of drug-likeness (QED) is 0.435. The highest BCUT2D eigenvalue weighted by atomic mass is 32.2. The predicted octanol–water partition coefficient (Wildman–Crippen LogP) is 3.92. The molecule has 33 heavy (non-hydrogen) atoms. The number of thioether (sulfide) groups is 1. The van der Waals surface area contributed by atoms with Gasteiger partial charge in [-0.05, 0) is 51.0 Å². The lowest BCUT2D eigenvalue weighted by Gasteiger charge is -2.20. The summed E-state index contributed by atoms with van der Waals surface area (Å²) < 4.78 is 13.3. The summed E-state index contributed by atoms with van der Waals surface area (Å²) in [7, 11) is 1.63. The van der Waals surface area contributed by atoms with Gasteiger partial charge in [-0.3, -0.25) is 4.79 Å². The van der Waals surface area contributed by atoms with Crippen LogP contribution in [0.15, 0.2) is 53.7 Å². The highest BCUT2D eigenvalue weighted by Crippen LogP contribution is 2.29. The van der Waals surface area contributed by atoms with E-state index in [1.807, 2.05) is 76.2 Å². The predicted molar refractivity (Wildman–Crippen MR) is 130 cm³/mol. The summed E-state index contributed by atoms with van der Waals surface area (Å²) in [6.07, 6.45) is 0. The van der Waals surface area contributed by atoms with E-state index < -0.39 is 0 Å². The minimum atomic E-state index is -0.268. The van der Waals surface area contributed by atoms with Crippen molar-refractivity contribution in [2.24, 2.45) is 0 Å². The molecule has 0 atom stereocenters. The van der Waals surface area contributed by atoms with Crippen LogP contribution in [0.5, 0.6) is 11.5 Å². The maximum absolute atomic E-state index is 12.1. The summed E-state index contributed by atoms with van der Waals surface area (Å²) in [6, 6.07) is 15.8. The van der Waals surface area contributed by atoms with Crippen LogP contribution in [0, 0.1) is 6.92 Å². The molecule has 2 aromatic carbocycles. The lowest BCUT2D eigenvalue weighted by Crippen LogP contribution is -2.41. The fraction of sp³-hybridized carbons (Fsp3) is 0.375. The Kier molecular flexibility index (Phi) is 8.21. The van der Waals surface area contributed by atoms with E-state index >= 15 is 0 Å². The molecule has 9 heteroatoms. The van der Waals surface area contributed by atoms with Crippen LogP contribution >= 0.6 is 11.8 Å². The van der Waals surface area contributed by atoms with E-state index in [2.05, 4.69) is 20.9 Å². The van der Waals surface area contributed by atoms with E-state index in [9.17, 15) is 4.79 Å². The van der Waals surface area contributed by atoms with Crippen LogP contribution in [-0.2, 0) is 17.9 Å². The Bertz CT molecular complexity index is 1060. The van der Waals surface area contributed by atoms with Gasteiger partial charge in [0, 0.05) is 5.54 Å². The first-order valence-corrected chi connectivity index (χ1v) is 11.7. The summed E-state index contributed by atoms with van der Waals surface area (Å²) in [6.45, 7) is 8.72. The van der Waals surface area contributed by atoms with Gasteiger partial charge in [0.1, 0.15) is 12.4 Å². The van der Waals surface area contributed by atoms with Gasteiger partial charge in [-0.2, -0.15) is 0 Å². The van der Waals surface area contributed by atoms with E-state index in [1.54, 1.807) is 11.8 Å². The summed E-state index contributed by atoms with van der Waals surface area (Å²) in [5, 5.41) is 11.9. The van der Waals surface area contributed by atoms with Crippen LogP contribution in [0.1, 0.15) is 37.7 Å². The van der Waals surface area contributed by atoms with Crippen LogP contribution < -0.4 is 20.2 Å². The third-order valence-corrected chi connectivity index (χ3v) is 5.48. The minimum Gasteiger partial charge on any atom is -0.493 e. The molecule has 0 saturated heterocycles. The van der Waals surface area contributed by atoms with Crippen LogP contribution in [0.3, 0.4) is 0 Å². The van der Waals surface area contributed by atoms with Crippen LogP contribution in [0.4, 0.5) is 0 Å². The molecule has 0 aliphatic heterocycles. The second kappa shape index (κ2) is 11.1. The first-order valence-electron chi connectivity index (χ1n) is 10.7. The maximum atomic E-state index is 12.1. The number of nitrogens with zero attached hydrogens (tertiary/aromatic N) is 3. The van der Waals surface area contributed by atoms with Crippen molar-refractivity contribution >= 4 is 17.7 Å². The molecule has 3 rings (SSSR count). The van der Waals surface area contributed by atoms with Crippen molar-refractivity contribution in [2.75, 3.05) is 18.3 Å². The van der Waals surface area contributed by atoms with E-state index in [4.69, 9.17) is 9.47 Å². The average Bonchev–Trinajstić information content (AvgIpc) is 3.14. The van der Waals surface area contributed by atoms with Crippen molar-refractivity contribution in [1.29, 1.82) is 0 Å². The van der Waals surface area contributed by atoms with Gasteiger partial charge in [-0.1, -0.05) is 48.2 Å². The number of hydrogen-bond acceptors (Lipinski definition) is 7. The maximum Gasteiger partial charge on any atom is 0.230 e. The Hall–Kier alpha value is -3.20. The smallest absolute Gasteiger partial charge is 0.230 e. The number of carbonyl (C=O) groups excluding carboxylic acids is 1. The highest BCUT2D eigenvalue weighted by molar-refractivity contribution is 7.99. The summed E-state index contributed by atoms with van der Waals surface area (Å²) >= 11 is 1.34. The Morgan fingerprint density at radius 3 is 2.52 bits per heavy atom. The molecule has 0 unspecified atom stereocenters. The number of amides is 1. The van der Waals surface area contributed by atoms with E-state index in [1.165, 1.54) is 11.8 Å². The van der Waals surface area contributed by atoms with Gasteiger partial charge in [0.15, 0.2) is 11.5 Å². The number of ether oxygens (including phenoxy) is 2. The third kappa shape index (κ3) is 7.42.